The van der Waals surface area contributed by atoms with Crippen molar-refractivity contribution in [2.45, 2.75) is 25.4 Å². The Hall–Kier alpha value is -2.48. The first-order valence-corrected chi connectivity index (χ1v) is 8.51. The zero-order valence-corrected chi connectivity index (χ0v) is 15.0. The predicted octanol–water partition coefficient (Wildman–Crippen LogP) is 0.713. The molecule has 0 aromatic carbocycles. The first kappa shape index (κ1) is 17.3. The topological polar surface area (TPSA) is 79.2 Å². The summed E-state index contributed by atoms with van der Waals surface area (Å²) in [6.07, 6.45) is 5.25. The molecular formula is C17H25N7O. The Kier molecular flexibility index (Phi) is 5.28. The van der Waals surface area contributed by atoms with Crippen LogP contribution in [-0.2, 0) is 13.6 Å². The molecule has 0 aliphatic carbocycles. The van der Waals surface area contributed by atoms with E-state index in [2.05, 4.69) is 25.2 Å². The van der Waals surface area contributed by atoms with Crippen LogP contribution in [0.1, 0.15) is 18.5 Å². The van der Waals surface area contributed by atoms with E-state index in [0.717, 1.165) is 49.8 Å². The molecular weight excluding hydrogens is 318 g/mol. The summed E-state index contributed by atoms with van der Waals surface area (Å²) in [7, 11) is 5.65. The van der Waals surface area contributed by atoms with Crippen LogP contribution in [0.4, 0.5) is 11.6 Å². The van der Waals surface area contributed by atoms with Crippen LogP contribution in [0.3, 0.4) is 0 Å². The normalized spacial score (nSPS) is 16.0. The molecule has 8 nitrogen and oxygen atoms in total. The van der Waals surface area contributed by atoms with Crippen LogP contribution in [0.2, 0.25) is 0 Å². The van der Waals surface area contributed by atoms with Gasteiger partial charge in [-0.1, -0.05) is 0 Å². The maximum Gasteiger partial charge on any atom is 0.253 e. The predicted molar refractivity (Wildman–Crippen MR) is 97.8 cm³/mol. The highest BCUT2D eigenvalue weighted by atomic mass is 16.1. The fraction of sp³-hybridized carbons (Fsp3) is 0.529. The molecule has 1 saturated heterocycles. The maximum absolute atomic E-state index is 11.7. The van der Waals surface area contributed by atoms with Gasteiger partial charge in [-0.25, -0.2) is 15.0 Å². The van der Waals surface area contributed by atoms with Crippen LogP contribution in [0.5, 0.6) is 0 Å². The number of rotatable bonds is 5. The van der Waals surface area contributed by atoms with Gasteiger partial charge < -0.3 is 14.8 Å². The van der Waals surface area contributed by atoms with Gasteiger partial charge in [-0.3, -0.25) is 9.69 Å². The summed E-state index contributed by atoms with van der Waals surface area (Å²) in [5.74, 6) is 1.76. The number of aryl methyl sites for hydroxylation is 1. The minimum Gasteiger partial charge on any atom is -0.367 e. The number of aromatic nitrogens is 4. The number of anilines is 2. The van der Waals surface area contributed by atoms with Crippen molar-refractivity contribution in [3.05, 3.63) is 40.8 Å². The maximum atomic E-state index is 11.7. The summed E-state index contributed by atoms with van der Waals surface area (Å²) in [5, 5.41) is 3.50. The fourth-order valence-electron chi connectivity index (χ4n) is 2.93. The van der Waals surface area contributed by atoms with E-state index < -0.39 is 0 Å². The van der Waals surface area contributed by atoms with Gasteiger partial charge in [0.15, 0.2) is 0 Å². The molecule has 0 radical (unpaired) electrons. The van der Waals surface area contributed by atoms with Gasteiger partial charge in [0.2, 0.25) is 0 Å². The van der Waals surface area contributed by atoms with Crippen molar-refractivity contribution in [2.24, 2.45) is 7.05 Å². The molecule has 3 rings (SSSR count). The molecule has 2 aromatic rings. The van der Waals surface area contributed by atoms with Gasteiger partial charge in [-0.2, -0.15) is 0 Å². The molecule has 1 aliphatic rings. The van der Waals surface area contributed by atoms with Crippen molar-refractivity contribution in [3.63, 3.8) is 0 Å². The van der Waals surface area contributed by atoms with E-state index in [0.29, 0.717) is 6.04 Å². The van der Waals surface area contributed by atoms with E-state index in [4.69, 9.17) is 0 Å². The van der Waals surface area contributed by atoms with Crippen LogP contribution in [0.15, 0.2) is 29.6 Å². The van der Waals surface area contributed by atoms with Crippen molar-refractivity contribution >= 4 is 11.6 Å². The quantitative estimate of drug-likeness (QED) is 0.856. The number of piperidine rings is 1. The van der Waals surface area contributed by atoms with Crippen molar-refractivity contribution in [3.8, 4) is 0 Å². The van der Waals surface area contributed by atoms with Gasteiger partial charge in [0.05, 0.1) is 12.0 Å². The highest BCUT2D eigenvalue weighted by Gasteiger charge is 2.20. The molecule has 8 heteroatoms. The van der Waals surface area contributed by atoms with Crippen LogP contribution in [0, 0.1) is 0 Å². The number of hydrogen-bond acceptors (Lipinski definition) is 7. The summed E-state index contributed by atoms with van der Waals surface area (Å²) in [4.78, 5) is 28.9. The van der Waals surface area contributed by atoms with Gasteiger partial charge in [0, 0.05) is 59.0 Å². The smallest absolute Gasteiger partial charge is 0.253 e. The number of hydrogen-bond donors (Lipinski definition) is 1. The Bertz CT molecular complexity index is 766. The molecule has 25 heavy (non-hydrogen) atoms. The van der Waals surface area contributed by atoms with Crippen molar-refractivity contribution in [1.29, 1.82) is 0 Å². The van der Waals surface area contributed by atoms with E-state index in [1.54, 1.807) is 25.8 Å². The van der Waals surface area contributed by atoms with Gasteiger partial charge in [0.1, 0.15) is 18.0 Å². The summed E-state index contributed by atoms with van der Waals surface area (Å²) in [5.41, 5.74) is 0.822. The minimum absolute atomic E-state index is 0.0120. The Morgan fingerprint density at radius 3 is 2.64 bits per heavy atom. The lowest BCUT2D eigenvalue weighted by atomic mass is 10.0. The lowest BCUT2D eigenvalue weighted by molar-refractivity contribution is 0.208. The van der Waals surface area contributed by atoms with E-state index >= 15 is 0 Å². The third-order valence-electron chi connectivity index (χ3n) is 4.47. The Balaban J connectivity index is 1.52. The lowest BCUT2D eigenvalue weighted by Crippen LogP contribution is -2.39. The van der Waals surface area contributed by atoms with E-state index in [9.17, 15) is 4.79 Å². The Morgan fingerprint density at radius 2 is 1.96 bits per heavy atom. The van der Waals surface area contributed by atoms with Crippen LogP contribution >= 0.6 is 0 Å². The van der Waals surface area contributed by atoms with Crippen LogP contribution in [0.25, 0.3) is 0 Å². The second-order valence-electron chi connectivity index (χ2n) is 6.68. The van der Waals surface area contributed by atoms with Crippen molar-refractivity contribution in [1.82, 2.24) is 24.4 Å². The van der Waals surface area contributed by atoms with Crippen LogP contribution in [-0.4, -0.2) is 57.6 Å². The summed E-state index contributed by atoms with van der Waals surface area (Å²) < 4.78 is 1.49. The monoisotopic (exact) mass is 343 g/mol. The average Bonchev–Trinajstić information content (AvgIpc) is 2.60. The molecule has 0 amide bonds. The second-order valence-corrected chi connectivity index (χ2v) is 6.68. The SMILES string of the molecule is CN(C)c1cc(NC2CCN(Cc3cc(=O)n(C)cn3)CC2)ncn1. The van der Waals surface area contributed by atoms with Crippen molar-refractivity contribution in [2.75, 3.05) is 37.4 Å². The summed E-state index contributed by atoms with van der Waals surface area (Å²) in [6.45, 7) is 2.67. The standard InChI is InChI=1S/C17H25N7O/c1-22(2)16-9-15(18-11-19-16)21-13-4-6-24(7-5-13)10-14-8-17(25)23(3)12-20-14/h8-9,11-13H,4-7,10H2,1-3H3,(H,18,19,21). The zero-order valence-electron chi connectivity index (χ0n) is 15.0. The first-order valence-electron chi connectivity index (χ1n) is 8.51. The van der Waals surface area contributed by atoms with Crippen molar-refractivity contribution < 1.29 is 0 Å². The molecule has 1 aliphatic heterocycles. The molecule has 134 valence electrons. The number of likely N-dealkylation sites (tertiary alicyclic amines) is 1. The molecule has 3 heterocycles. The third-order valence-corrected chi connectivity index (χ3v) is 4.47. The zero-order chi connectivity index (χ0) is 17.8. The highest BCUT2D eigenvalue weighted by Crippen LogP contribution is 2.18. The average molecular weight is 343 g/mol. The molecule has 0 unspecified atom stereocenters. The lowest BCUT2D eigenvalue weighted by Gasteiger charge is -2.32. The van der Waals surface area contributed by atoms with Gasteiger partial charge in [-0.15, -0.1) is 0 Å². The molecule has 1 fully saturated rings. The highest BCUT2D eigenvalue weighted by molar-refractivity contribution is 5.47. The van der Waals surface area contributed by atoms with Gasteiger partial charge in [0.25, 0.3) is 5.56 Å². The van der Waals surface area contributed by atoms with Gasteiger partial charge in [-0.05, 0) is 12.8 Å². The molecule has 0 bridgehead atoms. The molecule has 1 N–H and O–H groups in total. The summed E-state index contributed by atoms with van der Waals surface area (Å²) >= 11 is 0. The van der Waals surface area contributed by atoms with E-state index in [-0.39, 0.29) is 5.56 Å². The Morgan fingerprint density at radius 1 is 1.20 bits per heavy atom. The minimum atomic E-state index is -0.0120. The van der Waals surface area contributed by atoms with E-state index in [1.807, 2.05) is 25.1 Å². The largest absolute Gasteiger partial charge is 0.367 e. The molecule has 0 spiro atoms. The summed E-state index contributed by atoms with van der Waals surface area (Å²) in [6, 6.07) is 3.99. The van der Waals surface area contributed by atoms with Gasteiger partial charge >= 0.3 is 0 Å². The fourth-order valence-corrected chi connectivity index (χ4v) is 2.93. The van der Waals surface area contributed by atoms with E-state index in [1.165, 1.54) is 4.57 Å². The molecule has 0 saturated carbocycles. The molecule has 0 atom stereocenters. The second kappa shape index (κ2) is 7.60. The third kappa shape index (κ3) is 4.54. The number of nitrogens with one attached hydrogen (secondary N) is 1. The van der Waals surface area contributed by atoms with Crippen LogP contribution < -0.4 is 15.8 Å². The Labute approximate surface area is 147 Å². The number of nitrogens with zero attached hydrogens (tertiary/aromatic N) is 6. The first-order chi connectivity index (χ1) is 12.0. The molecule has 2 aromatic heterocycles.